The highest BCUT2D eigenvalue weighted by molar-refractivity contribution is 5.94. The van der Waals surface area contributed by atoms with E-state index in [1.165, 1.54) is 0 Å². The summed E-state index contributed by atoms with van der Waals surface area (Å²) in [5, 5.41) is 9.55. The molecule has 1 aromatic carbocycles. The van der Waals surface area contributed by atoms with Crippen LogP contribution >= 0.6 is 0 Å². The maximum atomic E-state index is 11.9. The van der Waals surface area contributed by atoms with Gasteiger partial charge in [-0.15, -0.1) is 0 Å². The predicted octanol–water partition coefficient (Wildman–Crippen LogP) is 1.74. The second-order valence-corrected chi connectivity index (χ2v) is 4.03. The highest BCUT2D eigenvalue weighted by atomic mass is 16.5. The summed E-state index contributed by atoms with van der Waals surface area (Å²) in [6.07, 6.45) is 0. The SMILES string of the molecule is CCNc1ccc(C(=O)NCc2nc(C)no2)cc1. The summed E-state index contributed by atoms with van der Waals surface area (Å²) in [4.78, 5) is 15.9. The van der Waals surface area contributed by atoms with Gasteiger partial charge >= 0.3 is 0 Å². The van der Waals surface area contributed by atoms with Gasteiger partial charge in [0.1, 0.15) is 0 Å². The van der Waals surface area contributed by atoms with Crippen molar-refractivity contribution in [3.05, 3.63) is 41.5 Å². The largest absolute Gasteiger partial charge is 0.385 e. The molecule has 0 unspecified atom stereocenters. The molecule has 0 aliphatic carbocycles. The van der Waals surface area contributed by atoms with Crippen molar-refractivity contribution in [2.24, 2.45) is 0 Å². The van der Waals surface area contributed by atoms with E-state index < -0.39 is 0 Å². The molecule has 100 valence electrons. The third-order valence-electron chi connectivity index (χ3n) is 2.50. The second kappa shape index (κ2) is 5.99. The van der Waals surface area contributed by atoms with Gasteiger partial charge in [0, 0.05) is 17.8 Å². The van der Waals surface area contributed by atoms with Gasteiger partial charge in [0.2, 0.25) is 5.89 Å². The first-order chi connectivity index (χ1) is 9.19. The Labute approximate surface area is 111 Å². The van der Waals surface area contributed by atoms with E-state index in [1.54, 1.807) is 19.1 Å². The van der Waals surface area contributed by atoms with Crippen molar-refractivity contribution in [2.75, 3.05) is 11.9 Å². The fourth-order valence-electron chi connectivity index (χ4n) is 1.61. The normalized spacial score (nSPS) is 10.2. The zero-order chi connectivity index (χ0) is 13.7. The van der Waals surface area contributed by atoms with Gasteiger partial charge in [-0.2, -0.15) is 4.98 Å². The van der Waals surface area contributed by atoms with Crippen molar-refractivity contribution in [1.29, 1.82) is 0 Å². The van der Waals surface area contributed by atoms with Gasteiger partial charge < -0.3 is 15.2 Å². The Morgan fingerprint density at radius 2 is 2.05 bits per heavy atom. The lowest BCUT2D eigenvalue weighted by Gasteiger charge is -2.05. The van der Waals surface area contributed by atoms with E-state index in [4.69, 9.17) is 4.52 Å². The Morgan fingerprint density at radius 1 is 1.32 bits per heavy atom. The van der Waals surface area contributed by atoms with Crippen LogP contribution in [0.1, 0.15) is 29.0 Å². The van der Waals surface area contributed by atoms with Crippen LogP contribution in [0.4, 0.5) is 5.69 Å². The molecule has 0 saturated carbocycles. The van der Waals surface area contributed by atoms with Crippen LogP contribution < -0.4 is 10.6 Å². The number of nitrogens with one attached hydrogen (secondary N) is 2. The Morgan fingerprint density at radius 3 is 2.63 bits per heavy atom. The van der Waals surface area contributed by atoms with Gasteiger partial charge in [0.05, 0.1) is 6.54 Å². The molecule has 0 bridgehead atoms. The minimum absolute atomic E-state index is 0.168. The van der Waals surface area contributed by atoms with Crippen molar-refractivity contribution in [2.45, 2.75) is 20.4 Å². The van der Waals surface area contributed by atoms with E-state index in [0.29, 0.717) is 17.3 Å². The van der Waals surface area contributed by atoms with Gasteiger partial charge in [0.15, 0.2) is 5.82 Å². The van der Waals surface area contributed by atoms with Crippen molar-refractivity contribution >= 4 is 11.6 Å². The molecule has 0 fully saturated rings. The van der Waals surface area contributed by atoms with Crippen molar-refractivity contribution in [3.63, 3.8) is 0 Å². The molecule has 1 aromatic heterocycles. The maximum Gasteiger partial charge on any atom is 0.251 e. The van der Waals surface area contributed by atoms with Crippen LogP contribution in [0.3, 0.4) is 0 Å². The summed E-state index contributed by atoms with van der Waals surface area (Å²) in [6.45, 7) is 4.83. The van der Waals surface area contributed by atoms with Crippen LogP contribution in [0, 0.1) is 6.92 Å². The third-order valence-corrected chi connectivity index (χ3v) is 2.50. The lowest BCUT2D eigenvalue weighted by atomic mass is 10.2. The lowest BCUT2D eigenvalue weighted by molar-refractivity contribution is 0.0946. The number of carbonyl (C=O) groups excluding carboxylic acids is 1. The van der Waals surface area contributed by atoms with Crippen LogP contribution in [0.2, 0.25) is 0 Å². The fourth-order valence-corrected chi connectivity index (χ4v) is 1.61. The molecule has 0 radical (unpaired) electrons. The van der Waals surface area contributed by atoms with Gasteiger partial charge in [-0.1, -0.05) is 5.16 Å². The molecule has 2 aromatic rings. The first-order valence-corrected chi connectivity index (χ1v) is 6.10. The molecule has 2 rings (SSSR count). The average Bonchev–Trinajstić information content (AvgIpc) is 2.83. The number of nitrogens with zero attached hydrogens (tertiary/aromatic N) is 2. The molecule has 19 heavy (non-hydrogen) atoms. The Hall–Kier alpha value is -2.37. The lowest BCUT2D eigenvalue weighted by Crippen LogP contribution is -2.22. The number of benzene rings is 1. The number of amides is 1. The molecule has 0 spiro atoms. The van der Waals surface area contributed by atoms with E-state index in [2.05, 4.69) is 20.8 Å². The van der Waals surface area contributed by atoms with E-state index in [1.807, 2.05) is 19.1 Å². The summed E-state index contributed by atoms with van der Waals surface area (Å²) in [7, 11) is 0. The maximum absolute atomic E-state index is 11.9. The molecule has 6 nitrogen and oxygen atoms in total. The highest BCUT2D eigenvalue weighted by Gasteiger charge is 2.08. The Balaban J connectivity index is 1.92. The molecule has 2 N–H and O–H groups in total. The van der Waals surface area contributed by atoms with Gasteiger partial charge in [-0.25, -0.2) is 0 Å². The summed E-state index contributed by atoms with van der Waals surface area (Å²) in [5.74, 6) is 0.785. The minimum Gasteiger partial charge on any atom is -0.385 e. The molecule has 0 saturated heterocycles. The van der Waals surface area contributed by atoms with Gasteiger partial charge in [-0.05, 0) is 38.1 Å². The molecule has 1 heterocycles. The Kier molecular flexibility index (Phi) is 4.12. The Bertz CT molecular complexity index is 548. The molecular weight excluding hydrogens is 244 g/mol. The van der Waals surface area contributed by atoms with E-state index in [0.717, 1.165) is 12.2 Å². The number of hydrogen-bond donors (Lipinski definition) is 2. The van der Waals surface area contributed by atoms with Crippen LogP contribution in [-0.2, 0) is 6.54 Å². The number of carbonyl (C=O) groups is 1. The van der Waals surface area contributed by atoms with Crippen LogP contribution in [-0.4, -0.2) is 22.6 Å². The minimum atomic E-state index is -0.168. The first kappa shape index (κ1) is 13.1. The molecule has 6 heteroatoms. The monoisotopic (exact) mass is 260 g/mol. The topological polar surface area (TPSA) is 80.0 Å². The summed E-state index contributed by atoms with van der Waals surface area (Å²) in [5.41, 5.74) is 1.59. The average molecular weight is 260 g/mol. The quantitative estimate of drug-likeness (QED) is 0.856. The van der Waals surface area contributed by atoms with E-state index in [9.17, 15) is 4.79 Å². The molecule has 0 aliphatic heterocycles. The van der Waals surface area contributed by atoms with Crippen molar-refractivity contribution in [3.8, 4) is 0 Å². The standard InChI is InChI=1S/C13H16N4O2/c1-3-14-11-6-4-10(5-7-11)13(18)15-8-12-16-9(2)17-19-12/h4-7,14H,3,8H2,1-2H3,(H,15,18). The number of aromatic nitrogens is 2. The molecule has 0 atom stereocenters. The summed E-state index contributed by atoms with van der Waals surface area (Å²) >= 11 is 0. The molecule has 0 aliphatic rings. The number of rotatable bonds is 5. The first-order valence-electron chi connectivity index (χ1n) is 6.10. The molecular formula is C13H16N4O2. The highest BCUT2D eigenvalue weighted by Crippen LogP contribution is 2.09. The third kappa shape index (κ3) is 3.54. The zero-order valence-electron chi connectivity index (χ0n) is 10.9. The second-order valence-electron chi connectivity index (χ2n) is 4.03. The molecule has 1 amide bonds. The van der Waals surface area contributed by atoms with Crippen LogP contribution in [0.25, 0.3) is 0 Å². The van der Waals surface area contributed by atoms with Crippen LogP contribution in [0.15, 0.2) is 28.8 Å². The number of aryl methyl sites for hydroxylation is 1. The summed E-state index contributed by atoms with van der Waals surface area (Å²) in [6, 6.07) is 7.28. The van der Waals surface area contributed by atoms with Gasteiger partial charge in [0.25, 0.3) is 5.91 Å². The number of hydrogen-bond acceptors (Lipinski definition) is 5. The predicted molar refractivity (Wildman–Crippen MR) is 70.8 cm³/mol. The van der Waals surface area contributed by atoms with Crippen LogP contribution in [0.5, 0.6) is 0 Å². The zero-order valence-corrected chi connectivity index (χ0v) is 10.9. The summed E-state index contributed by atoms with van der Waals surface area (Å²) < 4.78 is 4.92. The van der Waals surface area contributed by atoms with Crippen molar-refractivity contribution < 1.29 is 9.32 Å². The number of anilines is 1. The van der Waals surface area contributed by atoms with E-state index >= 15 is 0 Å². The smallest absolute Gasteiger partial charge is 0.251 e. The van der Waals surface area contributed by atoms with Gasteiger partial charge in [-0.3, -0.25) is 4.79 Å². The van der Waals surface area contributed by atoms with Crippen molar-refractivity contribution in [1.82, 2.24) is 15.5 Å². The fraction of sp³-hybridized carbons (Fsp3) is 0.308. The van der Waals surface area contributed by atoms with E-state index in [-0.39, 0.29) is 12.5 Å².